The second kappa shape index (κ2) is 5.23. The van der Waals surface area contributed by atoms with E-state index in [4.69, 9.17) is 9.47 Å². The van der Waals surface area contributed by atoms with Crippen LogP contribution in [0, 0.1) is 6.92 Å². The number of aromatic amines is 1. The van der Waals surface area contributed by atoms with Crippen LogP contribution in [0.2, 0.25) is 0 Å². The highest BCUT2D eigenvalue weighted by Gasteiger charge is 2.45. The van der Waals surface area contributed by atoms with Gasteiger partial charge in [-0.15, -0.1) is 0 Å². The van der Waals surface area contributed by atoms with Crippen molar-refractivity contribution in [3.05, 3.63) is 28.4 Å². The number of aromatic nitrogens is 3. The molecule has 0 aromatic carbocycles. The van der Waals surface area contributed by atoms with Gasteiger partial charge >= 0.3 is 5.69 Å². The fourth-order valence-electron chi connectivity index (χ4n) is 2.68. The van der Waals surface area contributed by atoms with Crippen LogP contribution < -0.4 is 5.69 Å². The van der Waals surface area contributed by atoms with Crippen molar-refractivity contribution < 1.29 is 19.7 Å². The van der Waals surface area contributed by atoms with E-state index in [2.05, 4.69) is 9.97 Å². The number of aliphatic hydroxyl groups is 2. The number of fused-ring (bicyclic) bond motifs is 1. The molecule has 8 nitrogen and oxygen atoms in total. The topological polar surface area (TPSA) is 110 Å². The molecule has 0 radical (unpaired) electrons. The van der Waals surface area contributed by atoms with Gasteiger partial charge < -0.3 is 24.7 Å². The summed E-state index contributed by atoms with van der Waals surface area (Å²) < 4.78 is 12.0. The van der Waals surface area contributed by atoms with Crippen LogP contribution in [0.3, 0.4) is 0 Å². The van der Waals surface area contributed by atoms with Gasteiger partial charge in [0.2, 0.25) is 0 Å². The van der Waals surface area contributed by atoms with Gasteiger partial charge in [-0.1, -0.05) is 0 Å². The Labute approximate surface area is 119 Å². The molecule has 2 aromatic heterocycles. The zero-order chi connectivity index (χ0) is 15.1. The summed E-state index contributed by atoms with van der Waals surface area (Å²) in [6.45, 7) is 1.51. The van der Waals surface area contributed by atoms with Gasteiger partial charge in [-0.05, 0) is 13.0 Å². The summed E-state index contributed by atoms with van der Waals surface area (Å²) in [6.07, 6.45) is -1.78. The number of hydrogen-bond donors (Lipinski definition) is 3. The van der Waals surface area contributed by atoms with Gasteiger partial charge in [-0.2, -0.15) is 4.98 Å². The molecule has 3 N–H and O–H groups in total. The van der Waals surface area contributed by atoms with Crippen molar-refractivity contribution in [2.45, 2.75) is 31.5 Å². The number of rotatable bonds is 3. The zero-order valence-electron chi connectivity index (χ0n) is 11.7. The number of aryl methyl sites for hydroxylation is 1. The summed E-state index contributed by atoms with van der Waals surface area (Å²) >= 11 is 0. The lowest BCUT2D eigenvalue weighted by Gasteiger charge is -2.20. The van der Waals surface area contributed by atoms with Gasteiger partial charge in [0, 0.05) is 24.4 Å². The molecule has 1 aliphatic rings. The zero-order valence-corrected chi connectivity index (χ0v) is 11.7. The number of nitrogens with zero attached hydrogens (tertiary/aromatic N) is 2. The predicted octanol–water partition coefficient (Wildman–Crippen LogP) is -0.701. The molecule has 21 heavy (non-hydrogen) atoms. The Bertz CT molecular complexity index is 709. The first-order valence-corrected chi connectivity index (χ1v) is 6.61. The molecule has 1 fully saturated rings. The number of nitrogens with one attached hydrogen (secondary N) is 1. The van der Waals surface area contributed by atoms with E-state index in [-0.39, 0.29) is 6.61 Å². The fraction of sp³-hybridized carbons (Fsp3) is 0.538. The summed E-state index contributed by atoms with van der Waals surface area (Å²) in [6, 6.07) is 1.86. The van der Waals surface area contributed by atoms with Crippen LogP contribution in [0.1, 0.15) is 11.9 Å². The van der Waals surface area contributed by atoms with Gasteiger partial charge in [0.1, 0.15) is 24.0 Å². The summed E-state index contributed by atoms with van der Waals surface area (Å²) in [5.74, 6) is 0. The molecule has 3 heterocycles. The third-order valence-electron chi connectivity index (χ3n) is 3.71. The first-order valence-electron chi connectivity index (χ1n) is 6.61. The average Bonchev–Trinajstić information content (AvgIpc) is 2.96. The molecule has 1 aliphatic heterocycles. The minimum Gasteiger partial charge on any atom is -0.394 e. The Balaban J connectivity index is 2.06. The lowest BCUT2D eigenvalue weighted by atomic mass is 10.1. The van der Waals surface area contributed by atoms with Crippen LogP contribution in [0.5, 0.6) is 0 Å². The molecule has 0 aliphatic carbocycles. The highest BCUT2D eigenvalue weighted by Crippen LogP contribution is 2.30. The normalized spacial score (nSPS) is 29.3. The van der Waals surface area contributed by atoms with Crippen molar-refractivity contribution in [1.82, 2.24) is 14.5 Å². The molecular weight excluding hydrogens is 278 g/mol. The Morgan fingerprint density at radius 1 is 1.57 bits per heavy atom. The van der Waals surface area contributed by atoms with E-state index in [0.717, 1.165) is 11.1 Å². The third-order valence-corrected chi connectivity index (χ3v) is 3.71. The van der Waals surface area contributed by atoms with Crippen molar-refractivity contribution in [2.75, 3.05) is 13.7 Å². The van der Waals surface area contributed by atoms with E-state index in [1.807, 2.05) is 13.0 Å². The Kier molecular flexibility index (Phi) is 3.54. The Morgan fingerprint density at radius 2 is 2.33 bits per heavy atom. The number of H-pyrrole nitrogens is 1. The third kappa shape index (κ3) is 2.26. The van der Waals surface area contributed by atoms with Crippen LogP contribution in [-0.4, -0.2) is 56.8 Å². The molecule has 3 rings (SSSR count). The lowest BCUT2D eigenvalue weighted by molar-refractivity contribution is -0.0622. The van der Waals surface area contributed by atoms with Gasteiger partial charge in [0.05, 0.1) is 6.61 Å². The summed E-state index contributed by atoms with van der Waals surface area (Å²) in [5.41, 5.74) is 0.876. The first kappa shape index (κ1) is 14.2. The highest BCUT2D eigenvalue weighted by molar-refractivity contribution is 5.75. The molecule has 0 spiro atoms. The van der Waals surface area contributed by atoms with E-state index in [0.29, 0.717) is 5.65 Å². The van der Waals surface area contributed by atoms with E-state index < -0.39 is 30.2 Å². The van der Waals surface area contributed by atoms with Gasteiger partial charge in [-0.25, -0.2) is 4.79 Å². The van der Waals surface area contributed by atoms with Crippen LogP contribution in [0.25, 0.3) is 11.0 Å². The van der Waals surface area contributed by atoms with Crippen molar-refractivity contribution in [1.29, 1.82) is 0 Å². The molecule has 4 atom stereocenters. The number of hydrogen-bond acceptors (Lipinski definition) is 6. The molecule has 0 bridgehead atoms. The number of aliphatic hydroxyl groups excluding tert-OH is 2. The van der Waals surface area contributed by atoms with E-state index in [1.165, 1.54) is 11.7 Å². The van der Waals surface area contributed by atoms with Crippen LogP contribution in [0.4, 0.5) is 0 Å². The molecule has 1 saturated heterocycles. The van der Waals surface area contributed by atoms with Gasteiger partial charge in [0.25, 0.3) is 0 Å². The van der Waals surface area contributed by atoms with Gasteiger partial charge in [0.15, 0.2) is 6.23 Å². The van der Waals surface area contributed by atoms with Crippen LogP contribution in [-0.2, 0) is 9.47 Å². The summed E-state index contributed by atoms with van der Waals surface area (Å²) in [5, 5.41) is 20.0. The van der Waals surface area contributed by atoms with Crippen molar-refractivity contribution in [2.24, 2.45) is 0 Å². The predicted molar refractivity (Wildman–Crippen MR) is 72.9 cm³/mol. The number of methoxy groups -OCH3 is 1. The number of ether oxygens (including phenoxy) is 2. The molecule has 8 heteroatoms. The first-order chi connectivity index (χ1) is 10.0. The van der Waals surface area contributed by atoms with E-state index >= 15 is 0 Å². The van der Waals surface area contributed by atoms with Crippen molar-refractivity contribution >= 4 is 11.0 Å². The molecule has 2 aromatic rings. The maximum atomic E-state index is 12.1. The molecular formula is C13H17N3O5. The average molecular weight is 295 g/mol. The van der Waals surface area contributed by atoms with Gasteiger partial charge in [-0.3, -0.25) is 4.57 Å². The molecule has 114 valence electrons. The summed E-state index contributed by atoms with van der Waals surface area (Å²) in [4.78, 5) is 19.1. The quantitative estimate of drug-likeness (QED) is 0.690. The maximum absolute atomic E-state index is 12.1. The van der Waals surface area contributed by atoms with Crippen LogP contribution >= 0.6 is 0 Å². The van der Waals surface area contributed by atoms with Crippen LogP contribution in [0.15, 0.2) is 17.1 Å². The second-order valence-electron chi connectivity index (χ2n) is 5.13. The fourth-order valence-corrected chi connectivity index (χ4v) is 2.68. The highest BCUT2D eigenvalue weighted by atomic mass is 16.6. The SMILES string of the molecule is COC1C(O)[C@@H](CO)O[C@H]1n1cc2cc(C)[nH]c2nc1=O. The lowest BCUT2D eigenvalue weighted by Crippen LogP contribution is -2.37. The second-order valence-corrected chi connectivity index (χ2v) is 5.13. The van der Waals surface area contributed by atoms with Crippen molar-refractivity contribution in [3.63, 3.8) is 0 Å². The maximum Gasteiger partial charge on any atom is 0.351 e. The smallest absolute Gasteiger partial charge is 0.351 e. The minimum absolute atomic E-state index is 0.356. The van der Waals surface area contributed by atoms with Crippen molar-refractivity contribution in [3.8, 4) is 0 Å². The monoisotopic (exact) mass is 295 g/mol. The standard InChI is InChI=1S/C13H17N3O5/c1-6-3-7-4-16(13(19)15-11(7)14-6)12-10(20-2)9(18)8(5-17)21-12/h3-4,8-10,12,17-18H,5H2,1-2H3,(H,14,15,19)/t8-,9?,10?,12-/m1/s1. The minimum atomic E-state index is -1.01. The van der Waals surface area contributed by atoms with E-state index in [9.17, 15) is 15.0 Å². The van der Waals surface area contributed by atoms with E-state index in [1.54, 1.807) is 6.20 Å². The Hall–Kier alpha value is -1.74. The summed E-state index contributed by atoms with van der Waals surface area (Å²) in [7, 11) is 1.42. The molecule has 0 saturated carbocycles. The molecule has 2 unspecified atom stereocenters. The Morgan fingerprint density at radius 3 is 3.00 bits per heavy atom. The largest absolute Gasteiger partial charge is 0.394 e. The molecule has 0 amide bonds.